The average Bonchev–Trinajstić information content (AvgIpc) is 2.73. The van der Waals surface area contributed by atoms with Gasteiger partial charge in [-0.15, -0.1) is 0 Å². The van der Waals surface area contributed by atoms with Gasteiger partial charge < -0.3 is 14.8 Å². The largest absolute Gasteiger partial charge is 0.486 e. The van der Waals surface area contributed by atoms with Crippen molar-refractivity contribution in [3.63, 3.8) is 0 Å². The maximum Gasteiger partial charge on any atom is 0.261 e. The first-order valence-electron chi connectivity index (χ1n) is 9.41. The molecule has 150 valence electrons. The third kappa shape index (κ3) is 4.35. The second-order valence-electron chi connectivity index (χ2n) is 6.71. The van der Waals surface area contributed by atoms with Crippen molar-refractivity contribution in [1.29, 1.82) is 0 Å². The zero-order chi connectivity index (χ0) is 20.2. The molecule has 0 fully saturated rings. The van der Waals surface area contributed by atoms with Crippen LogP contribution in [0.25, 0.3) is 10.9 Å². The first kappa shape index (κ1) is 19.3. The van der Waals surface area contributed by atoms with E-state index < -0.39 is 0 Å². The maximum atomic E-state index is 12.4. The Balaban J connectivity index is 1.30. The maximum absolute atomic E-state index is 12.4. The molecule has 29 heavy (non-hydrogen) atoms. The van der Waals surface area contributed by atoms with Crippen molar-refractivity contribution in [3.8, 4) is 11.5 Å². The number of benzene rings is 2. The summed E-state index contributed by atoms with van der Waals surface area (Å²) >= 11 is 6.23. The van der Waals surface area contributed by atoms with Crippen LogP contribution in [-0.2, 0) is 17.8 Å². The number of para-hydroxylation sites is 1. The van der Waals surface area contributed by atoms with E-state index in [2.05, 4.69) is 10.3 Å². The van der Waals surface area contributed by atoms with Gasteiger partial charge in [0.1, 0.15) is 13.2 Å². The smallest absolute Gasteiger partial charge is 0.261 e. The fourth-order valence-corrected chi connectivity index (χ4v) is 3.52. The minimum absolute atomic E-state index is 0.131. The molecule has 1 aromatic heterocycles. The lowest BCUT2D eigenvalue weighted by molar-refractivity contribution is -0.121. The molecular weight excluding hydrogens is 394 g/mol. The predicted octanol–water partition coefficient (Wildman–Crippen LogP) is 2.57. The zero-order valence-corrected chi connectivity index (χ0v) is 16.4. The standard InChI is InChI=1S/C21H20ClN3O4/c22-16-11-14(12-18-20(16)29-10-9-28-18)5-7-23-19(26)6-8-25-13-24-17-4-2-1-3-15(17)21(25)27/h1-4,11-13H,5-10H2,(H,23,26). The first-order valence-corrected chi connectivity index (χ1v) is 9.78. The number of ether oxygens (including phenoxy) is 2. The van der Waals surface area contributed by atoms with E-state index in [0.29, 0.717) is 53.6 Å². The topological polar surface area (TPSA) is 82.5 Å². The Morgan fingerprint density at radius 1 is 1.21 bits per heavy atom. The molecule has 3 aromatic rings. The molecule has 2 aromatic carbocycles. The highest BCUT2D eigenvalue weighted by atomic mass is 35.5. The molecule has 1 N–H and O–H groups in total. The van der Waals surface area contributed by atoms with Crippen molar-refractivity contribution in [1.82, 2.24) is 14.9 Å². The van der Waals surface area contributed by atoms with Crippen LogP contribution in [0.1, 0.15) is 12.0 Å². The minimum Gasteiger partial charge on any atom is -0.486 e. The van der Waals surface area contributed by atoms with Crippen molar-refractivity contribution >= 4 is 28.4 Å². The SMILES string of the molecule is O=C(CCn1cnc2ccccc2c1=O)NCCc1cc(Cl)c2c(c1)OCCO2. The quantitative estimate of drug-likeness (QED) is 0.671. The van der Waals surface area contributed by atoms with E-state index in [-0.39, 0.29) is 24.4 Å². The molecule has 7 nitrogen and oxygen atoms in total. The third-order valence-corrected chi connectivity index (χ3v) is 4.98. The van der Waals surface area contributed by atoms with Crippen molar-refractivity contribution in [3.05, 3.63) is 63.7 Å². The summed E-state index contributed by atoms with van der Waals surface area (Å²) in [4.78, 5) is 28.9. The van der Waals surface area contributed by atoms with Gasteiger partial charge in [0, 0.05) is 19.5 Å². The van der Waals surface area contributed by atoms with E-state index in [1.54, 1.807) is 18.2 Å². The Morgan fingerprint density at radius 3 is 2.93 bits per heavy atom. The van der Waals surface area contributed by atoms with E-state index in [9.17, 15) is 9.59 Å². The van der Waals surface area contributed by atoms with Gasteiger partial charge in [-0.1, -0.05) is 23.7 Å². The summed E-state index contributed by atoms with van der Waals surface area (Å²) in [6, 6.07) is 10.9. The van der Waals surface area contributed by atoms with Gasteiger partial charge >= 0.3 is 0 Å². The second kappa shape index (κ2) is 8.53. The lowest BCUT2D eigenvalue weighted by Crippen LogP contribution is -2.29. The van der Waals surface area contributed by atoms with Gasteiger partial charge in [0.2, 0.25) is 5.91 Å². The van der Waals surface area contributed by atoms with E-state index in [4.69, 9.17) is 21.1 Å². The monoisotopic (exact) mass is 413 g/mol. The number of hydrogen-bond acceptors (Lipinski definition) is 5. The Kier molecular flexibility index (Phi) is 5.67. The molecule has 1 aliphatic heterocycles. The summed E-state index contributed by atoms with van der Waals surface area (Å²) in [5, 5.41) is 3.92. The molecule has 1 aliphatic rings. The van der Waals surface area contributed by atoms with E-state index in [0.717, 1.165) is 5.56 Å². The molecule has 1 amide bonds. The number of aromatic nitrogens is 2. The number of nitrogens with zero attached hydrogens (tertiary/aromatic N) is 2. The number of aryl methyl sites for hydroxylation is 1. The lowest BCUT2D eigenvalue weighted by atomic mass is 10.1. The van der Waals surface area contributed by atoms with Crippen LogP contribution < -0.4 is 20.3 Å². The van der Waals surface area contributed by atoms with Gasteiger partial charge in [-0.3, -0.25) is 14.2 Å². The van der Waals surface area contributed by atoms with Gasteiger partial charge in [0.05, 0.1) is 22.3 Å². The molecule has 8 heteroatoms. The summed E-state index contributed by atoms with van der Waals surface area (Å²) in [6.07, 6.45) is 2.29. The molecule has 0 unspecified atom stereocenters. The Hall–Kier alpha value is -3.06. The van der Waals surface area contributed by atoms with Crippen LogP contribution in [0.2, 0.25) is 5.02 Å². The van der Waals surface area contributed by atoms with E-state index in [1.165, 1.54) is 10.9 Å². The molecule has 0 saturated carbocycles. The van der Waals surface area contributed by atoms with Gasteiger partial charge in [0.25, 0.3) is 5.56 Å². The van der Waals surface area contributed by atoms with Crippen LogP contribution in [-0.4, -0.2) is 35.2 Å². The van der Waals surface area contributed by atoms with Gasteiger partial charge in [-0.25, -0.2) is 4.98 Å². The Labute approximate surface area is 172 Å². The highest BCUT2D eigenvalue weighted by Gasteiger charge is 2.16. The van der Waals surface area contributed by atoms with Gasteiger partial charge in [0.15, 0.2) is 11.5 Å². The number of amides is 1. The summed E-state index contributed by atoms with van der Waals surface area (Å²) in [6.45, 7) is 1.71. The molecule has 4 rings (SSSR count). The van der Waals surface area contributed by atoms with Gasteiger partial charge in [-0.05, 0) is 36.2 Å². The average molecular weight is 414 g/mol. The highest BCUT2D eigenvalue weighted by Crippen LogP contribution is 2.38. The fraction of sp³-hybridized carbons (Fsp3) is 0.286. The number of hydrogen-bond donors (Lipinski definition) is 1. The van der Waals surface area contributed by atoms with Crippen LogP contribution >= 0.6 is 11.6 Å². The Morgan fingerprint density at radius 2 is 2.03 bits per heavy atom. The van der Waals surface area contributed by atoms with Crippen molar-refractivity contribution < 1.29 is 14.3 Å². The van der Waals surface area contributed by atoms with Crippen LogP contribution in [0.4, 0.5) is 0 Å². The molecule has 0 saturated heterocycles. The number of nitrogens with one attached hydrogen (secondary N) is 1. The molecule has 0 spiro atoms. The molecular formula is C21H20ClN3O4. The summed E-state index contributed by atoms with van der Waals surface area (Å²) in [5.74, 6) is 1.07. The molecule has 0 bridgehead atoms. The second-order valence-corrected chi connectivity index (χ2v) is 7.12. The normalized spacial score (nSPS) is 12.7. The fourth-order valence-electron chi connectivity index (χ4n) is 3.23. The molecule has 0 radical (unpaired) electrons. The summed E-state index contributed by atoms with van der Waals surface area (Å²) < 4.78 is 12.5. The lowest BCUT2D eigenvalue weighted by Gasteiger charge is -2.20. The summed E-state index contributed by atoms with van der Waals surface area (Å²) in [7, 11) is 0. The van der Waals surface area contributed by atoms with Gasteiger partial charge in [-0.2, -0.15) is 0 Å². The van der Waals surface area contributed by atoms with E-state index >= 15 is 0 Å². The highest BCUT2D eigenvalue weighted by molar-refractivity contribution is 6.32. The number of carbonyl (C=O) groups is 1. The van der Waals surface area contributed by atoms with Crippen LogP contribution in [0.15, 0.2) is 47.5 Å². The predicted molar refractivity (Wildman–Crippen MR) is 110 cm³/mol. The van der Waals surface area contributed by atoms with Crippen LogP contribution in [0.3, 0.4) is 0 Å². The minimum atomic E-state index is -0.144. The molecule has 0 aliphatic carbocycles. The van der Waals surface area contributed by atoms with E-state index in [1.807, 2.05) is 18.2 Å². The third-order valence-electron chi connectivity index (χ3n) is 4.70. The van der Waals surface area contributed by atoms with Crippen LogP contribution in [0.5, 0.6) is 11.5 Å². The number of fused-ring (bicyclic) bond motifs is 2. The number of rotatable bonds is 6. The molecule has 2 heterocycles. The van der Waals surface area contributed by atoms with Crippen molar-refractivity contribution in [2.75, 3.05) is 19.8 Å². The summed E-state index contributed by atoms with van der Waals surface area (Å²) in [5.41, 5.74) is 1.46. The zero-order valence-electron chi connectivity index (χ0n) is 15.7. The Bertz CT molecular complexity index is 1110. The van der Waals surface area contributed by atoms with Crippen molar-refractivity contribution in [2.45, 2.75) is 19.4 Å². The number of carbonyl (C=O) groups excluding carboxylic acids is 1. The van der Waals surface area contributed by atoms with Crippen LogP contribution in [0, 0.1) is 0 Å². The molecule has 0 atom stereocenters. The number of halogens is 1. The first-order chi connectivity index (χ1) is 14.1. The van der Waals surface area contributed by atoms with Crippen molar-refractivity contribution in [2.24, 2.45) is 0 Å².